The minimum atomic E-state index is -3.42. The fourth-order valence-electron chi connectivity index (χ4n) is 2.85. The SMILES string of the molecule is COc1ccc(C2CCCCCC2OS(C)(=O)=O)cc1. The van der Waals surface area contributed by atoms with Crippen molar-refractivity contribution in [1.29, 1.82) is 0 Å². The van der Waals surface area contributed by atoms with Crippen LogP contribution in [0.5, 0.6) is 5.75 Å². The Morgan fingerprint density at radius 2 is 1.70 bits per heavy atom. The fraction of sp³-hybridized carbons (Fsp3) is 0.600. The average molecular weight is 298 g/mol. The lowest BCUT2D eigenvalue weighted by atomic mass is 9.89. The topological polar surface area (TPSA) is 52.6 Å². The van der Waals surface area contributed by atoms with Crippen LogP contribution in [0.4, 0.5) is 0 Å². The van der Waals surface area contributed by atoms with Crippen molar-refractivity contribution in [1.82, 2.24) is 0 Å². The van der Waals surface area contributed by atoms with Gasteiger partial charge in [0, 0.05) is 5.92 Å². The van der Waals surface area contributed by atoms with E-state index in [1.807, 2.05) is 24.3 Å². The van der Waals surface area contributed by atoms with Gasteiger partial charge in [0.15, 0.2) is 0 Å². The van der Waals surface area contributed by atoms with Crippen molar-refractivity contribution >= 4 is 10.1 Å². The van der Waals surface area contributed by atoms with Gasteiger partial charge < -0.3 is 4.74 Å². The third-order valence-corrected chi connectivity index (χ3v) is 4.39. The zero-order valence-corrected chi connectivity index (χ0v) is 12.9. The largest absolute Gasteiger partial charge is 0.497 e. The molecule has 0 aliphatic heterocycles. The van der Waals surface area contributed by atoms with Gasteiger partial charge in [0.05, 0.1) is 19.5 Å². The Kier molecular flexibility index (Phi) is 5.05. The first-order valence-corrected chi connectivity index (χ1v) is 8.83. The molecule has 20 heavy (non-hydrogen) atoms. The van der Waals surface area contributed by atoms with Crippen molar-refractivity contribution in [2.45, 2.75) is 44.1 Å². The summed E-state index contributed by atoms with van der Waals surface area (Å²) in [5.74, 6) is 0.945. The summed E-state index contributed by atoms with van der Waals surface area (Å²) in [6.07, 6.45) is 5.91. The Morgan fingerprint density at radius 1 is 1.05 bits per heavy atom. The highest BCUT2D eigenvalue weighted by atomic mass is 32.2. The first-order chi connectivity index (χ1) is 9.49. The van der Waals surface area contributed by atoms with Crippen LogP contribution in [0.25, 0.3) is 0 Å². The normalized spacial score (nSPS) is 24.1. The highest BCUT2D eigenvalue weighted by Crippen LogP contribution is 2.35. The van der Waals surface area contributed by atoms with E-state index in [2.05, 4.69) is 0 Å². The summed E-state index contributed by atoms with van der Waals surface area (Å²) in [7, 11) is -1.78. The van der Waals surface area contributed by atoms with Crippen LogP contribution in [-0.2, 0) is 14.3 Å². The summed E-state index contributed by atoms with van der Waals surface area (Å²) in [5, 5.41) is 0. The second-order valence-corrected chi connectivity index (χ2v) is 6.96. The van der Waals surface area contributed by atoms with E-state index >= 15 is 0 Å². The van der Waals surface area contributed by atoms with Gasteiger partial charge in [-0.2, -0.15) is 8.42 Å². The second-order valence-electron chi connectivity index (χ2n) is 5.36. The summed E-state index contributed by atoms with van der Waals surface area (Å²) in [6.45, 7) is 0. The second kappa shape index (κ2) is 6.59. The maximum atomic E-state index is 11.4. The molecule has 4 nitrogen and oxygen atoms in total. The molecule has 2 rings (SSSR count). The highest BCUT2D eigenvalue weighted by molar-refractivity contribution is 7.86. The Hall–Kier alpha value is -1.07. The zero-order chi connectivity index (χ0) is 14.6. The lowest BCUT2D eigenvalue weighted by Crippen LogP contribution is -2.24. The van der Waals surface area contributed by atoms with Crippen molar-refractivity contribution in [3.05, 3.63) is 29.8 Å². The van der Waals surface area contributed by atoms with Crippen LogP contribution >= 0.6 is 0 Å². The molecule has 0 heterocycles. The molecule has 1 aliphatic carbocycles. The van der Waals surface area contributed by atoms with Gasteiger partial charge in [-0.15, -0.1) is 0 Å². The Balaban J connectivity index is 2.22. The van der Waals surface area contributed by atoms with Gasteiger partial charge in [0.1, 0.15) is 5.75 Å². The molecule has 1 aromatic carbocycles. The van der Waals surface area contributed by atoms with E-state index in [4.69, 9.17) is 8.92 Å². The highest BCUT2D eigenvalue weighted by Gasteiger charge is 2.28. The summed E-state index contributed by atoms with van der Waals surface area (Å²) >= 11 is 0. The molecule has 0 radical (unpaired) electrons. The summed E-state index contributed by atoms with van der Waals surface area (Å²) in [4.78, 5) is 0. The number of benzene rings is 1. The first kappa shape index (κ1) is 15.3. The van der Waals surface area contributed by atoms with Crippen LogP contribution in [0.2, 0.25) is 0 Å². The van der Waals surface area contributed by atoms with Crippen LogP contribution in [0.15, 0.2) is 24.3 Å². The first-order valence-electron chi connectivity index (χ1n) is 7.02. The van der Waals surface area contributed by atoms with Gasteiger partial charge in [-0.3, -0.25) is 4.18 Å². The molecular formula is C15H22O4S. The van der Waals surface area contributed by atoms with Gasteiger partial charge in [-0.25, -0.2) is 0 Å². The molecule has 2 atom stereocenters. The lowest BCUT2D eigenvalue weighted by Gasteiger charge is -2.24. The predicted octanol–water partition coefficient (Wildman–Crippen LogP) is 3.09. The van der Waals surface area contributed by atoms with Gasteiger partial charge in [0.2, 0.25) is 0 Å². The molecule has 1 aromatic rings. The minimum absolute atomic E-state index is 0.137. The van der Waals surface area contributed by atoms with Crippen LogP contribution in [0, 0.1) is 0 Å². The standard InChI is InChI=1S/C15H22O4S/c1-18-13-10-8-12(9-11-13)14-6-4-3-5-7-15(14)19-20(2,16)17/h8-11,14-15H,3-7H2,1-2H3. The number of ether oxygens (including phenoxy) is 1. The van der Waals surface area contributed by atoms with E-state index in [1.165, 1.54) is 0 Å². The third kappa shape index (κ3) is 4.21. The summed E-state index contributed by atoms with van der Waals surface area (Å²) in [6, 6.07) is 7.84. The van der Waals surface area contributed by atoms with Crippen LogP contribution in [-0.4, -0.2) is 27.9 Å². The van der Waals surface area contributed by atoms with Crippen molar-refractivity contribution in [3.8, 4) is 5.75 Å². The van der Waals surface area contributed by atoms with E-state index in [9.17, 15) is 8.42 Å². The van der Waals surface area contributed by atoms with Crippen molar-refractivity contribution in [2.24, 2.45) is 0 Å². The Bertz CT molecular complexity index is 521. The summed E-state index contributed by atoms with van der Waals surface area (Å²) in [5.41, 5.74) is 1.13. The molecule has 5 heteroatoms. The van der Waals surface area contributed by atoms with E-state index in [0.29, 0.717) is 0 Å². The number of hydrogen-bond acceptors (Lipinski definition) is 4. The van der Waals surface area contributed by atoms with Crippen LogP contribution < -0.4 is 4.74 Å². The van der Waals surface area contributed by atoms with Gasteiger partial charge >= 0.3 is 0 Å². The van der Waals surface area contributed by atoms with Gasteiger partial charge in [-0.1, -0.05) is 31.4 Å². The smallest absolute Gasteiger partial charge is 0.264 e. The number of rotatable bonds is 4. The molecule has 0 bridgehead atoms. The zero-order valence-electron chi connectivity index (χ0n) is 12.0. The molecule has 0 spiro atoms. The molecule has 0 saturated heterocycles. The monoisotopic (exact) mass is 298 g/mol. The van der Waals surface area contributed by atoms with Crippen molar-refractivity contribution in [2.75, 3.05) is 13.4 Å². The Morgan fingerprint density at radius 3 is 2.30 bits per heavy atom. The maximum absolute atomic E-state index is 11.4. The molecule has 112 valence electrons. The molecule has 1 saturated carbocycles. The van der Waals surface area contributed by atoms with E-state index in [-0.39, 0.29) is 12.0 Å². The van der Waals surface area contributed by atoms with Gasteiger partial charge in [0.25, 0.3) is 10.1 Å². The average Bonchev–Trinajstić information content (AvgIpc) is 2.62. The quantitative estimate of drug-likeness (QED) is 0.633. The molecule has 0 aromatic heterocycles. The van der Waals surface area contributed by atoms with Crippen LogP contribution in [0.1, 0.15) is 43.6 Å². The molecule has 1 fully saturated rings. The van der Waals surface area contributed by atoms with E-state index < -0.39 is 10.1 Å². The fourth-order valence-corrected chi connectivity index (χ4v) is 3.53. The van der Waals surface area contributed by atoms with Crippen molar-refractivity contribution in [3.63, 3.8) is 0 Å². The van der Waals surface area contributed by atoms with E-state index in [0.717, 1.165) is 49.7 Å². The Labute approximate surface area is 121 Å². The third-order valence-electron chi connectivity index (χ3n) is 3.79. The maximum Gasteiger partial charge on any atom is 0.264 e. The number of hydrogen-bond donors (Lipinski definition) is 0. The van der Waals surface area contributed by atoms with Crippen LogP contribution in [0.3, 0.4) is 0 Å². The molecule has 0 amide bonds. The lowest BCUT2D eigenvalue weighted by molar-refractivity contribution is 0.170. The molecule has 2 unspecified atom stereocenters. The van der Waals surface area contributed by atoms with Gasteiger partial charge in [-0.05, 0) is 30.5 Å². The minimum Gasteiger partial charge on any atom is -0.497 e. The number of methoxy groups -OCH3 is 1. The molecule has 0 N–H and O–H groups in total. The predicted molar refractivity (Wildman–Crippen MR) is 78.5 cm³/mol. The summed E-state index contributed by atoms with van der Waals surface area (Å²) < 4.78 is 33.4. The molecular weight excluding hydrogens is 276 g/mol. The van der Waals surface area contributed by atoms with E-state index in [1.54, 1.807) is 7.11 Å². The molecule has 1 aliphatic rings. The van der Waals surface area contributed by atoms with Crippen molar-refractivity contribution < 1.29 is 17.3 Å².